The van der Waals surface area contributed by atoms with Crippen molar-refractivity contribution in [1.29, 1.82) is 0 Å². The average Bonchev–Trinajstić information content (AvgIpc) is 2.46. The second-order valence-corrected chi connectivity index (χ2v) is 7.70. The van der Waals surface area contributed by atoms with Crippen LogP contribution in [0, 0.1) is 11.3 Å². The first-order chi connectivity index (χ1) is 10.3. The fourth-order valence-electron chi connectivity index (χ4n) is 3.87. The minimum atomic E-state index is -0.619. The van der Waals surface area contributed by atoms with E-state index in [9.17, 15) is 9.59 Å². The molecule has 0 atom stereocenters. The van der Waals surface area contributed by atoms with E-state index in [1.54, 1.807) is 20.8 Å². The highest BCUT2D eigenvalue weighted by atomic mass is 16.6. The van der Waals surface area contributed by atoms with Crippen LogP contribution in [0.4, 0.5) is 4.79 Å². The van der Waals surface area contributed by atoms with Gasteiger partial charge in [0.15, 0.2) is 0 Å². The standard InChI is InChI=1S/C17H30N2O3/c1-16(2,3)22-15(21)19-14(20)17(9-11-18-12-10-17)13-7-5-4-6-8-13/h13,18H,4-12H2,1-3H3,(H,19,20,21). The van der Waals surface area contributed by atoms with E-state index in [1.165, 1.54) is 19.3 Å². The molecule has 0 unspecified atom stereocenters. The molecule has 2 amide bonds. The molecule has 1 aliphatic heterocycles. The number of piperidine rings is 1. The van der Waals surface area contributed by atoms with Crippen LogP contribution in [0.3, 0.4) is 0 Å². The van der Waals surface area contributed by atoms with Gasteiger partial charge in [0.2, 0.25) is 5.91 Å². The Morgan fingerprint density at radius 2 is 1.68 bits per heavy atom. The topological polar surface area (TPSA) is 67.4 Å². The minimum absolute atomic E-state index is 0.129. The minimum Gasteiger partial charge on any atom is -0.444 e. The van der Waals surface area contributed by atoms with Gasteiger partial charge in [-0.1, -0.05) is 19.3 Å². The first-order valence-corrected chi connectivity index (χ1v) is 8.59. The number of amides is 2. The number of rotatable bonds is 2. The molecule has 5 heteroatoms. The van der Waals surface area contributed by atoms with Crippen molar-refractivity contribution in [3.8, 4) is 0 Å². The zero-order valence-electron chi connectivity index (χ0n) is 14.2. The van der Waals surface area contributed by atoms with Crippen LogP contribution in [-0.4, -0.2) is 30.7 Å². The third-order valence-electron chi connectivity index (χ3n) is 4.95. The van der Waals surface area contributed by atoms with Gasteiger partial charge in [0.05, 0.1) is 5.41 Å². The number of nitrogens with one attached hydrogen (secondary N) is 2. The smallest absolute Gasteiger partial charge is 0.414 e. The van der Waals surface area contributed by atoms with E-state index in [4.69, 9.17) is 4.74 Å². The predicted octanol–water partition coefficient (Wildman–Crippen LogP) is 2.99. The lowest BCUT2D eigenvalue weighted by Gasteiger charge is -2.44. The van der Waals surface area contributed by atoms with Gasteiger partial charge in [-0.25, -0.2) is 4.79 Å². The van der Waals surface area contributed by atoms with Crippen LogP contribution in [0.2, 0.25) is 0 Å². The molecule has 0 spiro atoms. The summed E-state index contributed by atoms with van der Waals surface area (Å²) >= 11 is 0. The molecule has 2 aliphatic rings. The van der Waals surface area contributed by atoms with Crippen LogP contribution < -0.4 is 10.6 Å². The first-order valence-electron chi connectivity index (χ1n) is 8.59. The monoisotopic (exact) mass is 310 g/mol. The van der Waals surface area contributed by atoms with Gasteiger partial charge in [-0.3, -0.25) is 10.1 Å². The van der Waals surface area contributed by atoms with Crippen molar-refractivity contribution in [2.24, 2.45) is 11.3 Å². The Morgan fingerprint density at radius 3 is 2.23 bits per heavy atom. The summed E-state index contributed by atoms with van der Waals surface area (Å²) in [5.41, 5.74) is -0.987. The highest BCUT2D eigenvalue weighted by Crippen LogP contribution is 2.44. The Bertz CT molecular complexity index is 403. The summed E-state index contributed by atoms with van der Waals surface area (Å²) in [6, 6.07) is 0. The number of hydrogen-bond donors (Lipinski definition) is 2. The highest BCUT2D eigenvalue weighted by molar-refractivity contribution is 5.95. The van der Waals surface area contributed by atoms with Gasteiger partial charge in [0.1, 0.15) is 5.60 Å². The Morgan fingerprint density at radius 1 is 1.09 bits per heavy atom. The molecule has 0 aromatic rings. The molecule has 1 saturated heterocycles. The number of carbonyl (C=O) groups is 2. The first kappa shape index (κ1) is 17.3. The molecule has 0 bridgehead atoms. The molecule has 1 aliphatic carbocycles. The van der Waals surface area contributed by atoms with Gasteiger partial charge in [-0.15, -0.1) is 0 Å². The fourth-order valence-corrected chi connectivity index (χ4v) is 3.87. The number of carbonyl (C=O) groups excluding carboxylic acids is 2. The molecule has 5 nitrogen and oxygen atoms in total. The van der Waals surface area contributed by atoms with Crippen LogP contribution in [0.15, 0.2) is 0 Å². The van der Waals surface area contributed by atoms with Crippen molar-refractivity contribution in [3.63, 3.8) is 0 Å². The maximum atomic E-state index is 12.9. The SMILES string of the molecule is CC(C)(C)OC(=O)NC(=O)C1(C2CCCCC2)CCNCC1. The van der Waals surface area contributed by atoms with Crippen molar-refractivity contribution in [2.75, 3.05) is 13.1 Å². The molecule has 0 aromatic carbocycles. The van der Waals surface area contributed by atoms with Gasteiger partial charge in [-0.2, -0.15) is 0 Å². The lowest BCUT2D eigenvalue weighted by molar-refractivity contribution is -0.137. The molecular formula is C17H30N2O3. The van der Waals surface area contributed by atoms with Crippen LogP contribution in [0.5, 0.6) is 0 Å². The van der Waals surface area contributed by atoms with Crippen molar-refractivity contribution < 1.29 is 14.3 Å². The van der Waals surface area contributed by atoms with Gasteiger partial charge < -0.3 is 10.1 Å². The van der Waals surface area contributed by atoms with E-state index in [0.29, 0.717) is 5.92 Å². The van der Waals surface area contributed by atoms with Crippen molar-refractivity contribution >= 4 is 12.0 Å². The number of ether oxygens (including phenoxy) is 1. The lowest BCUT2D eigenvalue weighted by atomic mass is 9.63. The predicted molar refractivity (Wildman–Crippen MR) is 85.5 cm³/mol. The Kier molecular flexibility index (Phi) is 5.48. The summed E-state index contributed by atoms with van der Waals surface area (Å²) in [7, 11) is 0. The van der Waals surface area contributed by atoms with E-state index in [-0.39, 0.29) is 5.91 Å². The third kappa shape index (κ3) is 4.22. The molecule has 1 saturated carbocycles. The van der Waals surface area contributed by atoms with E-state index in [0.717, 1.165) is 38.8 Å². The van der Waals surface area contributed by atoms with Crippen molar-refractivity contribution in [2.45, 2.75) is 71.3 Å². The molecule has 2 fully saturated rings. The highest BCUT2D eigenvalue weighted by Gasteiger charge is 2.46. The molecule has 126 valence electrons. The largest absolute Gasteiger partial charge is 0.444 e. The number of hydrogen-bond acceptors (Lipinski definition) is 4. The zero-order valence-corrected chi connectivity index (χ0v) is 14.2. The Hall–Kier alpha value is -1.10. The van der Waals surface area contributed by atoms with Crippen molar-refractivity contribution in [1.82, 2.24) is 10.6 Å². The average molecular weight is 310 g/mol. The van der Waals surface area contributed by atoms with Crippen LogP contribution in [-0.2, 0) is 9.53 Å². The summed E-state index contributed by atoms with van der Waals surface area (Å²) < 4.78 is 5.25. The zero-order chi connectivity index (χ0) is 16.2. The molecule has 0 radical (unpaired) electrons. The fraction of sp³-hybridized carbons (Fsp3) is 0.882. The maximum absolute atomic E-state index is 12.9. The Labute approximate surface area is 133 Å². The van der Waals surface area contributed by atoms with Crippen LogP contribution in [0.1, 0.15) is 65.7 Å². The second-order valence-electron chi connectivity index (χ2n) is 7.70. The molecule has 22 heavy (non-hydrogen) atoms. The van der Waals surface area contributed by atoms with Gasteiger partial charge in [-0.05, 0) is 65.5 Å². The molecule has 2 N–H and O–H groups in total. The molecule has 0 aromatic heterocycles. The maximum Gasteiger partial charge on any atom is 0.414 e. The third-order valence-corrected chi connectivity index (χ3v) is 4.95. The van der Waals surface area contributed by atoms with Crippen LogP contribution >= 0.6 is 0 Å². The van der Waals surface area contributed by atoms with Gasteiger partial charge in [0, 0.05) is 0 Å². The summed E-state index contributed by atoms with van der Waals surface area (Å²) in [4.78, 5) is 24.8. The molecular weight excluding hydrogens is 280 g/mol. The quantitative estimate of drug-likeness (QED) is 0.823. The van der Waals surface area contributed by atoms with Gasteiger partial charge in [0.25, 0.3) is 0 Å². The number of alkyl carbamates (subject to hydrolysis) is 1. The summed E-state index contributed by atoms with van der Waals surface area (Å²) in [5, 5.41) is 5.85. The Balaban J connectivity index is 2.07. The number of imide groups is 1. The lowest BCUT2D eigenvalue weighted by Crippen LogP contribution is -2.53. The van der Waals surface area contributed by atoms with E-state index < -0.39 is 17.1 Å². The van der Waals surface area contributed by atoms with E-state index in [1.807, 2.05) is 0 Å². The summed E-state index contributed by atoms with van der Waals surface area (Å²) in [6.45, 7) is 7.10. The van der Waals surface area contributed by atoms with Crippen molar-refractivity contribution in [3.05, 3.63) is 0 Å². The van der Waals surface area contributed by atoms with E-state index >= 15 is 0 Å². The van der Waals surface area contributed by atoms with Crippen LogP contribution in [0.25, 0.3) is 0 Å². The normalized spacial score (nSPS) is 22.9. The summed E-state index contributed by atoms with van der Waals surface area (Å²) in [5.74, 6) is 0.265. The summed E-state index contributed by atoms with van der Waals surface area (Å²) in [6.07, 6.45) is 6.85. The van der Waals surface area contributed by atoms with E-state index in [2.05, 4.69) is 10.6 Å². The second kappa shape index (κ2) is 6.99. The molecule has 1 heterocycles. The molecule has 2 rings (SSSR count). The van der Waals surface area contributed by atoms with Gasteiger partial charge >= 0.3 is 6.09 Å².